The van der Waals surface area contributed by atoms with E-state index in [0.29, 0.717) is 0 Å². The summed E-state index contributed by atoms with van der Waals surface area (Å²) in [5, 5.41) is 5.43. The molecule has 112 valence electrons. The average Bonchev–Trinajstić information content (AvgIpc) is 2.39. The summed E-state index contributed by atoms with van der Waals surface area (Å²) in [4.78, 5) is 12.0. The van der Waals surface area contributed by atoms with Crippen molar-refractivity contribution >= 4 is 23.2 Å². The zero-order chi connectivity index (χ0) is 15.3. The zero-order valence-electron chi connectivity index (χ0n) is 11.8. The van der Waals surface area contributed by atoms with Crippen LogP contribution in [-0.4, -0.2) is 18.0 Å². The van der Waals surface area contributed by atoms with E-state index in [4.69, 9.17) is 11.6 Å². The van der Waals surface area contributed by atoms with E-state index < -0.39 is 17.7 Å². The minimum absolute atomic E-state index is 0.0692. The molecule has 0 bridgehead atoms. The molecule has 1 atom stereocenters. The number of amides is 1. The summed E-state index contributed by atoms with van der Waals surface area (Å²) >= 11 is 5.77. The van der Waals surface area contributed by atoms with Gasteiger partial charge in [-0.3, -0.25) is 4.79 Å². The van der Waals surface area contributed by atoms with Crippen LogP contribution in [0, 0.1) is 11.6 Å². The van der Waals surface area contributed by atoms with Gasteiger partial charge in [0.25, 0.3) is 0 Å². The molecule has 0 aliphatic heterocycles. The molecule has 0 saturated heterocycles. The lowest BCUT2D eigenvalue weighted by molar-refractivity contribution is -0.122. The van der Waals surface area contributed by atoms with E-state index in [2.05, 4.69) is 10.6 Å². The molecular weight excluding hydrogens is 286 g/mol. The second-order valence-electron chi connectivity index (χ2n) is 4.63. The molecule has 0 radical (unpaired) electrons. The Kier molecular flexibility index (Phi) is 6.20. The van der Waals surface area contributed by atoms with Crippen LogP contribution in [0.25, 0.3) is 0 Å². The Hall–Kier alpha value is -1.36. The van der Waals surface area contributed by atoms with E-state index in [1.165, 1.54) is 0 Å². The molecule has 6 heteroatoms. The number of nitrogens with one attached hydrogen (secondary N) is 2. The highest BCUT2D eigenvalue weighted by Crippen LogP contribution is 2.26. The fourth-order valence-corrected chi connectivity index (χ4v) is 2.03. The Morgan fingerprint density at radius 2 is 1.90 bits per heavy atom. The Morgan fingerprint density at radius 1 is 1.30 bits per heavy atom. The van der Waals surface area contributed by atoms with Crippen molar-refractivity contribution in [3.8, 4) is 0 Å². The predicted octanol–water partition coefficient (Wildman–Crippen LogP) is 3.72. The van der Waals surface area contributed by atoms with Gasteiger partial charge < -0.3 is 10.6 Å². The summed E-state index contributed by atoms with van der Waals surface area (Å²) in [6.07, 6.45) is 1.64. The maximum Gasteiger partial charge on any atom is 0.242 e. The molecule has 0 aliphatic carbocycles. The van der Waals surface area contributed by atoms with E-state index >= 15 is 0 Å². The number of halogens is 3. The molecule has 1 aromatic carbocycles. The Balaban J connectivity index is 2.76. The quantitative estimate of drug-likeness (QED) is 0.841. The highest BCUT2D eigenvalue weighted by Gasteiger charge is 2.19. The highest BCUT2D eigenvalue weighted by molar-refractivity contribution is 6.33. The molecule has 0 aliphatic rings. The summed E-state index contributed by atoms with van der Waals surface area (Å²) in [6, 6.07) is 1.13. The maximum absolute atomic E-state index is 13.6. The van der Waals surface area contributed by atoms with Crippen LogP contribution < -0.4 is 10.6 Å². The van der Waals surface area contributed by atoms with E-state index in [1.807, 2.05) is 13.8 Å². The highest BCUT2D eigenvalue weighted by atomic mass is 35.5. The number of anilines is 1. The topological polar surface area (TPSA) is 41.1 Å². The third-order valence-corrected chi connectivity index (χ3v) is 3.39. The first-order valence-corrected chi connectivity index (χ1v) is 6.98. The lowest BCUT2D eigenvalue weighted by atomic mass is 10.1. The first-order valence-electron chi connectivity index (χ1n) is 6.60. The van der Waals surface area contributed by atoms with Gasteiger partial charge in [0.2, 0.25) is 5.91 Å². The third kappa shape index (κ3) is 4.34. The maximum atomic E-state index is 13.6. The minimum Gasteiger partial charge on any atom is -0.370 e. The van der Waals surface area contributed by atoms with Crippen molar-refractivity contribution in [1.82, 2.24) is 5.32 Å². The fraction of sp³-hybridized carbons (Fsp3) is 0.500. The normalized spacial score (nSPS) is 12.3. The number of rotatable bonds is 6. The Morgan fingerprint density at radius 3 is 2.40 bits per heavy atom. The van der Waals surface area contributed by atoms with Crippen molar-refractivity contribution in [3.05, 3.63) is 28.8 Å². The van der Waals surface area contributed by atoms with Crippen LogP contribution in [0.5, 0.6) is 0 Å². The smallest absolute Gasteiger partial charge is 0.242 e. The van der Waals surface area contributed by atoms with Gasteiger partial charge in [0.15, 0.2) is 5.82 Å². The van der Waals surface area contributed by atoms with E-state index in [1.54, 1.807) is 6.92 Å². The number of carbonyl (C=O) groups is 1. The Labute approximate surface area is 122 Å². The van der Waals surface area contributed by atoms with Crippen molar-refractivity contribution in [2.75, 3.05) is 5.32 Å². The molecular formula is C14H19ClF2N2O. The van der Waals surface area contributed by atoms with Crippen molar-refractivity contribution < 1.29 is 13.6 Å². The van der Waals surface area contributed by atoms with Crippen molar-refractivity contribution in [2.24, 2.45) is 0 Å². The second kappa shape index (κ2) is 7.43. The van der Waals surface area contributed by atoms with E-state index in [-0.39, 0.29) is 22.7 Å². The summed E-state index contributed by atoms with van der Waals surface area (Å²) < 4.78 is 26.5. The van der Waals surface area contributed by atoms with Gasteiger partial charge in [0.1, 0.15) is 11.9 Å². The van der Waals surface area contributed by atoms with E-state index in [9.17, 15) is 13.6 Å². The lowest BCUT2D eigenvalue weighted by Crippen LogP contribution is -2.43. The predicted molar refractivity (Wildman–Crippen MR) is 77.0 cm³/mol. The number of carbonyl (C=O) groups excluding carboxylic acids is 1. The summed E-state index contributed by atoms with van der Waals surface area (Å²) in [7, 11) is 0. The second-order valence-corrected chi connectivity index (χ2v) is 5.04. The van der Waals surface area contributed by atoms with Crippen LogP contribution in [-0.2, 0) is 4.79 Å². The first kappa shape index (κ1) is 16.7. The van der Waals surface area contributed by atoms with Gasteiger partial charge in [-0.15, -0.1) is 0 Å². The monoisotopic (exact) mass is 304 g/mol. The van der Waals surface area contributed by atoms with Crippen molar-refractivity contribution in [2.45, 2.75) is 45.7 Å². The third-order valence-electron chi connectivity index (χ3n) is 3.09. The van der Waals surface area contributed by atoms with Gasteiger partial charge in [0.05, 0.1) is 10.7 Å². The summed E-state index contributed by atoms with van der Waals surface area (Å²) in [6.45, 7) is 5.54. The van der Waals surface area contributed by atoms with Gasteiger partial charge in [-0.2, -0.15) is 0 Å². The molecule has 0 saturated carbocycles. The van der Waals surface area contributed by atoms with Gasteiger partial charge in [-0.05, 0) is 25.8 Å². The van der Waals surface area contributed by atoms with Gasteiger partial charge in [-0.25, -0.2) is 8.78 Å². The molecule has 0 heterocycles. The van der Waals surface area contributed by atoms with Crippen molar-refractivity contribution in [3.63, 3.8) is 0 Å². The van der Waals surface area contributed by atoms with E-state index in [0.717, 1.165) is 25.0 Å². The van der Waals surface area contributed by atoms with Crippen LogP contribution in [0.15, 0.2) is 12.1 Å². The zero-order valence-corrected chi connectivity index (χ0v) is 12.5. The molecule has 1 rings (SSSR count). The number of hydrogen-bond donors (Lipinski definition) is 2. The largest absolute Gasteiger partial charge is 0.370 e. The van der Waals surface area contributed by atoms with Crippen LogP contribution in [0.3, 0.4) is 0 Å². The fourth-order valence-electron chi connectivity index (χ4n) is 1.78. The molecule has 1 unspecified atom stereocenters. The lowest BCUT2D eigenvalue weighted by Gasteiger charge is -2.20. The van der Waals surface area contributed by atoms with Gasteiger partial charge >= 0.3 is 0 Å². The molecule has 3 nitrogen and oxygen atoms in total. The number of hydrogen-bond acceptors (Lipinski definition) is 2. The van der Waals surface area contributed by atoms with Crippen molar-refractivity contribution in [1.29, 1.82) is 0 Å². The number of benzene rings is 1. The molecule has 1 amide bonds. The standard InChI is InChI=1S/C14H19ClF2N2O/c1-4-10(5-2)19-14(20)8(3)18-13-11(15)6-9(16)7-12(13)17/h6-8,10,18H,4-5H2,1-3H3,(H,19,20). The molecule has 0 fully saturated rings. The molecule has 20 heavy (non-hydrogen) atoms. The van der Waals surface area contributed by atoms with Crippen LogP contribution >= 0.6 is 11.6 Å². The Bertz CT molecular complexity index is 455. The molecule has 0 aromatic heterocycles. The van der Waals surface area contributed by atoms with Crippen LogP contribution in [0.2, 0.25) is 5.02 Å². The SMILES string of the molecule is CCC(CC)NC(=O)C(C)Nc1c(F)cc(F)cc1Cl. The summed E-state index contributed by atoms with van der Waals surface area (Å²) in [5.74, 6) is -1.83. The average molecular weight is 305 g/mol. The van der Waals surface area contributed by atoms with Crippen LogP contribution in [0.1, 0.15) is 33.6 Å². The van der Waals surface area contributed by atoms with Gasteiger partial charge in [-0.1, -0.05) is 25.4 Å². The molecule has 2 N–H and O–H groups in total. The summed E-state index contributed by atoms with van der Waals surface area (Å²) in [5.41, 5.74) is -0.0692. The molecule has 0 spiro atoms. The van der Waals surface area contributed by atoms with Gasteiger partial charge in [0, 0.05) is 12.1 Å². The molecule has 1 aromatic rings. The van der Waals surface area contributed by atoms with Crippen LogP contribution in [0.4, 0.5) is 14.5 Å². The minimum atomic E-state index is -0.822. The first-order chi connectivity index (χ1) is 9.38.